The van der Waals surface area contributed by atoms with E-state index < -0.39 is 0 Å². The third-order valence-electron chi connectivity index (χ3n) is 4.77. The van der Waals surface area contributed by atoms with Crippen LogP contribution in [0.15, 0.2) is 12.1 Å². The van der Waals surface area contributed by atoms with Crippen LogP contribution >= 0.6 is 0 Å². The first-order valence-corrected chi connectivity index (χ1v) is 7.35. The summed E-state index contributed by atoms with van der Waals surface area (Å²) in [5.74, 6) is 0.965. The molecule has 0 saturated heterocycles. The van der Waals surface area contributed by atoms with Crippen LogP contribution in [0.1, 0.15) is 45.0 Å². The van der Waals surface area contributed by atoms with Crippen LogP contribution in [0.3, 0.4) is 0 Å². The molecule has 0 bridgehead atoms. The summed E-state index contributed by atoms with van der Waals surface area (Å²) >= 11 is 0. The van der Waals surface area contributed by atoms with Crippen molar-refractivity contribution in [2.24, 2.45) is 5.41 Å². The number of hydrogen-bond donors (Lipinski definition) is 1. The van der Waals surface area contributed by atoms with Crippen molar-refractivity contribution in [2.45, 2.75) is 59.1 Å². The highest BCUT2D eigenvalue weighted by molar-refractivity contribution is 5.30. The molecular weight excluding hydrogens is 236 g/mol. The van der Waals surface area contributed by atoms with Crippen molar-refractivity contribution < 1.29 is 4.74 Å². The fourth-order valence-corrected chi connectivity index (χ4v) is 3.03. The Morgan fingerprint density at radius 2 is 2.16 bits per heavy atom. The molecule has 0 amide bonds. The molecule has 19 heavy (non-hydrogen) atoms. The highest BCUT2D eigenvalue weighted by atomic mass is 16.5. The van der Waals surface area contributed by atoms with E-state index in [2.05, 4.69) is 37.1 Å². The van der Waals surface area contributed by atoms with E-state index in [1.807, 2.05) is 20.0 Å². The molecule has 1 aliphatic carbocycles. The van der Waals surface area contributed by atoms with E-state index in [0.29, 0.717) is 12.1 Å². The summed E-state index contributed by atoms with van der Waals surface area (Å²) in [6, 6.07) is 4.67. The Hall–Kier alpha value is -1.09. The minimum Gasteiger partial charge on any atom is -0.488 e. The second-order valence-corrected chi connectivity index (χ2v) is 5.79. The summed E-state index contributed by atoms with van der Waals surface area (Å²) in [5, 5.41) is 3.40. The first kappa shape index (κ1) is 14.3. The van der Waals surface area contributed by atoms with Crippen molar-refractivity contribution in [3.8, 4) is 5.75 Å². The van der Waals surface area contributed by atoms with Gasteiger partial charge in [0.15, 0.2) is 0 Å². The summed E-state index contributed by atoms with van der Waals surface area (Å²) in [5.41, 5.74) is 2.36. The van der Waals surface area contributed by atoms with E-state index in [1.165, 1.54) is 0 Å². The maximum atomic E-state index is 6.26. The van der Waals surface area contributed by atoms with Gasteiger partial charge in [-0.15, -0.1) is 0 Å². The van der Waals surface area contributed by atoms with Crippen LogP contribution < -0.4 is 10.1 Å². The summed E-state index contributed by atoms with van der Waals surface area (Å²) < 4.78 is 6.26. The average molecular weight is 262 g/mol. The number of nitrogens with one attached hydrogen (secondary N) is 1. The molecule has 1 heterocycles. The Morgan fingerprint density at radius 1 is 1.42 bits per heavy atom. The molecule has 3 unspecified atom stereocenters. The smallest absolute Gasteiger partial charge is 0.141 e. The molecule has 3 atom stereocenters. The number of ether oxygens (including phenoxy) is 1. The Balaban J connectivity index is 2.14. The van der Waals surface area contributed by atoms with Crippen LogP contribution in [-0.2, 0) is 6.42 Å². The normalized spacial score (nSPS) is 29.9. The Morgan fingerprint density at radius 3 is 2.74 bits per heavy atom. The molecule has 0 radical (unpaired) electrons. The van der Waals surface area contributed by atoms with E-state index in [0.717, 1.165) is 36.4 Å². The third-order valence-corrected chi connectivity index (χ3v) is 4.77. The Labute approximate surface area is 116 Å². The van der Waals surface area contributed by atoms with Gasteiger partial charge in [0.05, 0.1) is 5.69 Å². The number of aryl methyl sites for hydroxylation is 2. The minimum absolute atomic E-state index is 0.227. The van der Waals surface area contributed by atoms with Crippen molar-refractivity contribution in [2.75, 3.05) is 7.05 Å². The lowest BCUT2D eigenvalue weighted by Gasteiger charge is -2.53. The van der Waals surface area contributed by atoms with Gasteiger partial charge in [-0.2, -0.15) is 0 Å². The van der Waals surface area contributed by atoms with E-state index in [1.54, 1.807) is 0 Å². The van der Waals surface area contributed by atoms with Crippen LogP contribution in [-0.4, -0.2) is 24.2 Å². The average Bonchev–Trinajstić information content (AvgIpc) is 2.42. The second kappa shape index (κ2) is 5.49. The van der Waals surface area contributed by atoms with E-state index in [4.69, 9.17) is 4.74 Å². The van der Waals surface area contributed by atoms with Gasteiger partial charge in [-0.05, 0) is 38.9 Å². The van der Waals surface area contributed by atoms with Gasteiger partial charge in [-0.1, -0.05) is 20.8 Å². The molecular formula is C16H26N2O. The Kier molecular flexibility index (Phi) is 4.14. The lowest BCUT2D eigenvalue weighted by atomic mass is 9.61. The molecule has 0 aliphatic heterocycles. The maximum absolute atomic E-state index is 6.26. The predicted octanol–water partition coefficient (Wildman–Crippen LogP) is 3.11. The van der Waals surface area contributed by atoms with Gasteiger partial charge in [-0.3, -0.25) is 4.98 Å². The molecule has 1 N–H and O–H groups in total. The van der Waals surface area contributed by atoms with E-state index >= 15 is 0 Å². The van der Waals surface area contributed by atoms with Crippen LogP contribution in [0, 0.1) is 12.3 Å². The number of aromatic nitrogens is 1. The first-order chi connectivity index (χ1) is 9.05. The van der Waals surface area contributed by atoms with Gasteiger partial charge in [0.2, 0.25) is 0 Å². The quantitative estimate of drug-likeness (QED) is 0.885. The number of hydrogen-bond acceptors (Lipinski definition) is 3. The highest BCUT2D eigenvalue weighted by Gasteiger charge is 2.51. The minimum atomic E-state index is 0.227. The molecule has 1 aliphatic rings. The van der Waals surface area contributed by atoms with E-state index in [9.17, 15) is 0 Å². The molecule has 1 aromatic heterocycles. The van der Waals surface area contributed by atoms with Crippen LogP contribution in [0.4, 0.5) is 0 Å². The zero-order chi connectivity index (χ0) is 14.0. The predicted molar refractivity (Wildman–Crippen MR) is 78.6 cm³/mol. The highest BCUT2D eigenvalue weighted by Crippen LogP contribution is 2.46. The molecule has 3 nitrogen and oxygen atoms in total. The van der Waals surface area contributed by atoms with Crippen LogP contribution in [0.2, 0.25) is 0 Å². The lowest BCUT2D eigenvalue weighted by molar-refractivity contribution is -0.0683. The van der Waals surface area contributed by atoms with Gasteiger partial charge in [0.25, 0.3) is 0 Å². The third kappa shape index (κ3) is 2.48. The molecule has 0 aromatic carbocycles. The van der Waals surface area contributed by atoms with Crippen molar-refractivity contribution >= 4 is 0 Å². The van der Waals surface area contributed by atoms with Crippen molar-refractivity contribution in [3.05, 3.63) is 23.5 Å². The summed E-state index contributed by atoms with van der Waals surface area (Å²) in [6.45, 7) is 8.72. The first-order valence-electron chi connectivity index (χ1n) is 7.35. The SMILES string of the molecule is CCc1nc(C)ccc1OC1CC(NC)C1(C)CC. The summed E-state index contributed by atoms with van der Waals surface area (Å²) in [6.07, 6.45) is 3.42. The zero-order valence-electron chi connectivity index (χ0n) is 12.8. The fourth-order valence-electron chi connectivity index (χ4n) is 3.03. The molecule has 1 fully saturated rings. The molecule has 1 saturated carbocycles. The van der Waals surface area contributed by atoms with Crippen LogP contribution in [0.25, 0.3) is 0 Å². The van der Waals surface area contributed by atoms with Crippen molar-refractivity contribution in [3.63, 3.8) is 0 Å². The van der Waals surface area contributed by atoms with Crippen LogP contribution in [0.5, 0.6) is 5.75 Å². The molecule has 1 aromatic rings. The largest absolute Gasteiger partial charge is 0.488 e. The lowest BCUT2D eigenvalue weighted by Crippen LogP contribution is -2.62. The van der Waals surface area contributed by atoms with Crippen molar-refractivity contribution in [1.82, 2.24) is 10.3 Å². The molecule has 0 spiro atoms. The topological polar surface area (TPSA) is 34.1 Å². The Bertz CT molecular complexity index is 446. The van der Waals surface area contributed by atoms with E-state index in [-0.39, 0.29) is 5.41 Å². The summed E-state index contributed by atoms with van der Waals surface area (Å²) in [4.78, 5) is 4.58. The van der Waals surface area contributed by atoms with Gasteiger partial charge in [0.1, 0.15) is 11.9 Å². The van der Waals surface area contributed by atoms with Gasteiger partial charge >= 0.3 is 0 Å². The monoisotopic (exact) mass is 262 g/mol. The number of nitrogens with zero attached hydrogens (tertiary/aromatic N) is 1. The zero-order valence-corrected chi connectivity index (χ0v) is 12.8. The standard InChI is InChI=1S/C16H26N2O/c1-6-12-13(9-8-11(3)18-12)19-15-10-14(17-5)16(15,4)7-2/h8-9,14-15,17H,6-7,10H2,1-5H3. The second-order valence-electron chi connectivity index (χ2n) is 5.79. The number of pyridine rings is 1. The van der Waals surface area contributed by atoms with Crippen molar-refractivity contribution in [1.29, 1.82) is 0 Å². The fraction of sp³-hybridized carbons (Fsp3) is 0.688. The maximum Gasteiger partial charge on any atom is 0.141 e. The summed E-state index contributed by atoms with van der Waals surface area (Å²) in [7, 11) is 2.04. The van der Waals surface area contributed by atoms with Gasteiger partial charge in [-0.25, -0.2) is 0 Å². The van der Waals surface area contributed by atoms with Gasteiger partial charge in [0, 0.05) is 23.6 Å². The molecule has 2 rings (SSSR count). The molecule has 106 valence electrons. The van der Waals surface area contributed by atoms with Gasteiger partial charge < -0.3 is 10.1 Å². The molecule has 3 heteroatoms. The number of rotatable bonds is 5.